The molecule has 7 heteroatoms. The zero-order valence-corrected chi connectivity index (χ0v) is 16.5. The predicted octanol–water partition coefficient (Wildman–Crippen LogP) is 4.17. The topological polar surface area (TPSA) is 60.7 Å². The van der Waals surface area contributed by atoms with Gasteiger partial charge >= 0.3 is 6.18 Å². The normalized spacial score (nSPS) is 13.0. The number of aliphatic hydroxyl groups excluding tert-OH is 3. The summed E-state index contributed by atoms with van der Waals surface area (Å²) in [6.45, 7) is 1.65. The van der Waals surface area contributed by atoms with E-state index in [9.17, 15) is 23.4 Å². The lowest BCUT2D eigenvalue weighted by Crippen LogP contribution is -2.30. The Morgan fingerprint density at radius 3 is 2.11 bits per heavy atom. The van der Waals surface area contributed by atoms with Crippen molar-refractivity contribution >= 4 is 11.8 Å². The van der Waals surface area contributed by atoms with Crippen molar-refractivity contribution in [1.82, 2.24) is 0 Å². The van der Waals surface area contributed by atoms with Crippen molar-refractivity contribution in [3.8, 4) is 0 Å². The molecule has 0 saturated heterocycles. The molecule has 3 nitrogen and oxygen atoms in total. The van der Waals surface area contributed by atoms with Gasteiger partial charge in [-0.25, -0.2) is 0 Å². The molecule has 0 fully saturated rings. The van der Waals surface area contributed by atoms with Crippen molar-refractivity contribution in [2.45, 2.75) is 56.6 Å². The summed E-state index contributed by atoms with van der Waals surface area (Å²) in [5.41, 5.74) is 4.55. The van der Waals surface area contributed by atoms with E-state index >= 15 is 0 Å². The first-order chi connectivity index (χ1) is 13.2. The molecule has 2 aromatic carbocycles. The second kappa shape index (κ2) is 10.3. The smallest absolute Gasteiger partial charge is 0.392 e. The molecule has 154 valence electrons. The Kier molecular flexibility index (Phi) is 8.37. The minimum absolute atomic E-state index is 0.0974. The Hall–Kier alpha value is -1.54. The SMILES string of the molecule is Cc1cc(CCCc2ccc(CO)c(CO)c2)ccc1SCC(O)C(F)(F)F. The maximum Gasteiger partial charge on any atom is 0.415 e. The van der Waals surface area contributed by atoms with E-state index in [1.807, 2.05) is 37.3 Å². The number of aryl methyl sites for hydroxylation is 3. The van der Waals surface area contributed by atoms with Crippen LogP contribution in [0.4, 0.5) is 13.2 Å². The van der Waals surface area contributed by atoms with Crippen LogP contribution < -0.4 is 0 Å². The van der Waals surface area contributed by atoms with Gasteiger partial charge in [0.15, 0.2) is 6.10 Å². The molecule has 0 aliphatic carbocycles. The first kappa shape index (κ1) is 22.7. The zero-order valence-electron chi connectivity index (χ0n) is 15.7. The zero-order chi connectivity index (χ0) is 20.7. The van der Waals surface area contributed by atoms with Crippen molar-refractivity contribution in [3.63, 3.8) is 0 Å². The van der Waals surface area contributed by atoms with Crippen LogP contribution in [-0.4, -0.2) is 33.4 Å². The summed E-state index contributed by atoms with van der Waals surface area (Å²) in [6, 6.07) is 11.4. The quantitative estimate of drug-likeness (QED) is 0.539. The lowest BCUT2D eigenvalue weighted by Gasteiger charge is -2.15. The number of thioether (sulfide) groups is 1. The molecule has 0 bridgehead atoms. The van der Waals surface area contributed by atoms with Gasteiger partial charge in [0.2, 0.25) is 0 Å². The number of rotatable bonds is 9. The van der Waals surface area contributed by atoms with Gasteiger partial charge in [-0.15, -0.1) is 11.8 Å². The van der Waals surface area contributed by atoms with Crippen LogP contribution in [0.2, 0.25) is 0 Å². The molecular formula is C21H25F3O3S. The van der Waals surface area contributed by atoms with E-state index in [1.165, 1.54) is 0 Å². The van der Waals surface area contributed by atoms with Crippen LogP contribution in [0.3, 0.4) is 0 Å². The summed E-state index contributed by atoms with van der Waals surface area (Å²) in [4.78, 5) is 0.735. The standard InChI is InChI=1S/C21H25F3O3S/c1-14-9-15(6-8-19(14)28-13-20(27)21(22,23)24)3-2-4-16-5-7-17(11-25)18(10-16)12-26/h5-10,20,25-27H,2-4,11-13H2,1H3. The molecule has 0 spiro atoms. The molecule has 0 aliphatic heterocycles. The highest BCUT2D eigenvalue weighted by atomic mass is 32.2. The fourth-order valence-electron chi connectivity index (χ4n) is 2.93. The number of aliphatic hydroxyl groups is 3. The van der Waals surface area contributed by atoms with E-state index in [0.29, 0.717) is 0 Å². The molecular weight excluding hydrogens is 389 g/mol. The van der Waals surface area contributed by atoms with E-state index in [4.69, 9.17) is 5.11 Å². The van der Waals surface area contributed by atoms with E-state index in [1.54, 1.807) is 6.07 Å². The second-order valence-electron chi connectivity index (χ2n) is 6.74. The summed E-state index contributed by atoms with van der Waals surface area (Å²) in [5.74, 6) is -0.416. The minimum Gasteiger partial charge on any atom is -0.392 e. The first-order valence-corrected chi connectivity index (χ1v) is 10.0. The largest absolute Gasteiger partial charge is 0.415 e. The summed E-state index contributed by atoms with van der Waals surface area (Å²) in [5, 5.41) is 27.7. The monoisotopic (exact) mass is 414 g/mol. The van der Waals surface area contributed by atoms with E-state index in [2.05, 4.69) is 0 Å². The molecule has 0 aliphatic rings. The van der Waals surface area contributed by atoms with Crippen LogP contribution in [0.1, 0.15) is 34.2 Å². The molecule has 28 heavy (non-hydrogen) atoms. The van der Waals surface area contributed by atoms with Crippen molar-refractivity contribution in [2.75, 3.05) is 5.75 Å². The lowest BCUT2D eigenvalue weighted by molar-refractivity contribution is -0.195. The number of hydrogen-bond donors (Lipinski definition) is 3. The highest BCUT2D eigenvalue weighted by Crippen LogP contribution is 2.29. The summed E-state index contributed by atoms with van der Waals surface area (Å²) >= 11 is 1.00. The van der Waals surface area contributed by atoms with Gasteiger partial charge in [0.05, 0.1) is 13.2 Å². The van der Waals surface area contributed by atoms with Crippen molar-refractivity contribution < 1.29 is 28.5 Å². The lowest BCUT2D eigenvalue weighted by atomic mass is 9.99. The Morgan fingerprint density at radius 2 is 1.54 bits per heavy atom. The summed E-state index contributed by atoms with van der Waals surface area (Å²) in [7, 11) is 0. The molecule has 1 atom stereocenters. The Labute approximate surface area is 167 Å². The summed E-state index contributed by atoms with van der Waals surface area (Å²) in [6.07, 6.45) is -4.37. The average molecular weight is 414 g/mol. The van der Waals surface area contributed by atoms with Gasteiger partial charge in [0, 0.05) is 10.6 Å². The second-order valence-corrected chi connectivity index (χ2v) is 7.80. The third-order valence-corrected chi connectivity index (χ3v) is 5.81. The van der Waals surface area contributed by atoms with Gasteiger partial charge in [0.25, 0.3) is 0 Å². The highest BCUT2D eigenvalue weighted by molar-refractivity contribution is 7.99. The molecule has 1 unspecified atom stereocenters. The van der Waals surface area contributed by atoms with Crippen molar-refractivity contribution in [2.24, 2.45) is 0 Å². The fraction of sp³-hybridized carbons (Fsp3) is 0.429. The molecule has 2 aromatic rings. The molecule has 2 rings (SSSR count). The molecule has 0 amide bonds. The third-order valence-electron chi connectivity index (χ3n) is 4.56. The van der Waals surface area contributed by atoms with E-state index in [-0.39, 0.29) is 13.2 Å². The molecule has 0 heterocycles. The number of hydrogen-bond acceptors (Lipinski definition) is 4. The number of halogens is 3. The molecule has 0 radical (unpaired) electrons. The van der Waals surface area contributed by atoms with Crippen molar-refractivity contribution in [3.05, 3.63) is 64.2 Å². The van der Waals surface area contributed by atoms with Crippen LogP contribution in [0.15, 0.2) is 41.3 Å². The van der Waals surface area contributed by atoms with Crippen molar-refractivity contribution in [1.29, 1.82) is 0 Å². The predicted molar refractivity (Wildman–Crippen MR) is 104 cm³/mol. The van der Waals surface area contributed by atoms with Gasteiger partial charge in [0.1, 0.15) is 0 Å². The Morgan fingerprint density at radius 1 is 0.929 bits per heavy atom. The van der Waals surface area contributed by atoms with E-state index < -0.39 is 18.0 Å². The Bertz CT molecular complexity index is 778. The van der Waals surface area contributed by atoms with Gasteiger partial charge in [-0.1, -0.05) is 30.3 Å². The van der Waals surface area contributed by atoms with E-state index in [0.717, 1.165) is 63.7 Å². The minimum atomic E-state index is -4.59. The average Bonchev–Trinajstić information content (AvgIpc) is 2.66. The maximum absolute atomic E-state index is 12.4. The van der Waals surface area contributed by atoms with Gasteiger partial charge < -0.3 is 15.3 Å². The summed E-state index contributed by atoms with van der Waals surface area (Å²) < 4.78 is 37.2. The fourth-order valence-corrected chi connectivity index (χ4v) is 3.90. The van der Waals surface area contributed by atoms with Crippen LogP contribution in [0, 0.1) is 6.92 Å². The van der Waals surface area contributed by atoms with Gasteiger partial charge in [-0.3, -0.25) is 0 Å². The number of benzene rings is 2. The molecule has 0 aromatic heterocycles. The molecule has 3 N–H and O–H groups in total. The number of alkyl halides is 3. The molecule has 0 saturated carbocycles. The Balaban J connectivity index is 1.89. The maximum atomic E-state index is 12.4. The van der Waals surface area contributed by atoms with Crippen LogP contribution in [0.5, 0.6) is 0 Å². The van der Waals surface area contributed by atoms with Gasteiger partial charge in [-0.2, -0.15) is 13.2 Å². The highest BCUT2D eigenvalue weighted by Gasteiger charge is 2.37. The third kappa shape index (κ3) is 6.51. The van der Waals surface area contributed by atoms with Crippen LogP contribution in [0.25, 0.3) is 0 Å². The van der Waals surface area contributed by atoms with Crippen LogP contribution >= 0.6 is 11.8 Å². The van der Waals surface area contributed by atoms with Crippen LogP contribution in [-0.2, 0) is 26.1 Å². The first-order valence-electron chi connectivity index (χ1n) is 9.04. The van der Waals surface area contributed by atoms with Gasteiger partial charge in [-0.05, 0) is 60.1 Å².